The van der Waals surface area contributed by atoms with E-state index in [0.29, 0.717) is 5.57 Å². The zero-order valence-corrected chi connectivity index (χ0v) is 11.0. The molecule has 0 atom stereocenters. The van der Waals surface area contributed by atoms with Gasteiger partial charge < -0.3 is 14.8 Å². The van der Waals surface area contributed by atoms with Crippen molar-refractivity contribution in [2.24, 2.45) is 0 Å². The van der Waals surface area contributed by atoms with Crippen molar-refractivity contribution in [1.82, 2.24) is 4.98 Å². The molecule has 0 amide bonds. The monoisotopic (exact) mass is 264 g/mol. The van der Waals surface area contributed by atoms with Crippen molar-refractivity contribution in [2.75, 3.05) is 5.32 Å². The number of nitrogens with one attached hydrogen (secondary N) is 1. The lowest BCUT2D eigenvalue weighted by atomic mass is 10.3. The van der Waals surface area contributed by atoms with Gasteiger partial charge in [-0.05, 0) is 19.1 Å². The van der Waals surface area contributed by atoms with Crippen LogP contribution in [0.15, 0.2) is 36.3 Å². The Balaban J connectivity index is 2.59. The average molecular weight is 264 g/mol. The summed E-state index contributed by atoms with van der Waals surface area (Å²) in [5, 5.41) is 2.93. The van der Waals surface area contributed by atoms with Gasteiger partial charge in [0.2, 0.25) is 0 Å². The second kappa shape index (κ2) is 6.53. The summed E-state index contributed by atoms with van der Waals surface area (Å²) in [6.45, 7) is 4.78. The van der Waals surface area contributed by atoms with Gasteiger partial charge in [-0.2, -0.15) is 0 Å². The molecule has 0 aromatic carbocycles. The highest BCUT2D eigenvalue weighted by molar-refractivity contribution is 5.88. The summed E-state index contributed by atoms with van der Waals surface area (Å²) in [6, 6.07) is 3.52. The molecule has 0 aliphatic carbocycles. The van der Waals surface area contributed by atoms with Crippen molar-refractivity contribution in [1.29, 1.82) is 0 Å². The van der Waals surface area contributed by atoms with Crippen LogP contribution in [-0.4, -0.2) is 23.2 Å². The highest BCUT2D eigenvalue weighted by Gasteiger charge is 2.24. The number of carbonyl (C=O) groups is 2. The van der Waals surface area contributed by atoms with Gasteiger partial charge in [0.05, 0.1) is 5.57 Å². The van der Waals surface area contributed by atoms with Crippen molar-refractivity contribution in [3.05, 3.63) is 36.3 Å². The maximum absolute atomic E-state index is 11.7. The van der Waals surface area contributed by atoms with Gasteiger partial charge in [0.15, 0.2) is 0 Å². The molecule has 1 heterocycles. The molecular weight excluding hydrogens is 248 g/mol. The highest BCUT2D eigenvalue weighted by atomic mass is 16.7. The summed E-state index contributed by atoms with van der Waals surface area (Å²) in [4.78, 5) is 25.8. The molecule has 102 valence electrons. The van der Waals surface area contributed by atoms with E-state index in [1.165, 1.54) is 20.0 Å². The zero-order chi connectivity index (χ0) is 14.3. The third-order valence-electron chi connectivity index (χ3n) is 2.13. The first-order chi connectivity index (χ1) is 8.94. The minimum atomic E-state index is -1.29. The molecule has 0 saturated carbocycles. The van der Waals surface area contributed by atoms with E-state index in [1.54, 1.807) is 31.5 Å². The number of carbonyl (C=O) groups excluding carboxylic acids is 2. The van der Waals surface area contributed by atoms with Crippen molar-refractivity contribution < 1.29 is 19.1 Å². The molecule has 0 bridgehead atoms. The minimum absolute atomic E-state index is 0.238. The van der Waals surface area contributed by atoms with Crippen LogP contribution in [0.3, 0.4) is 0 Å². The lowest BCUT2D eigenvalue weighted by Crippen LogP contribution is -2.31. The Morgan fingerprint density at radius 2 is 2.00 bits per heavy atom. The van der Waals surface area contributed by atoms with Crippen LogP contribution >= 0.6 is 0 Å². The van der Waals surface area contributed by atoms with E-state index in [-0.39, 0.29) is 6.47 Å². The van der Waals surface area contributed by atoms with Crippen LogP contribution in [-0.2, 0) is 19.1 Å². The van der Waals surface area contributed by atoms with Crippen molar-refractivity contribution in [3.63, 3.8) is 0 Å². The van der Waals surface area contributed by atoms with Crippen LogP contribution < -0.4 is 5.32 Å². The molecule has 1 aromatic rings. The molecular formula is C13H16N2O4. The van der Waals surface area contributed by atoms with Gasteiger partial charge in [-0.1, -0.05) is 0 Å². The van der Waals surface area contributed by atoms with Crippen LogP contribution in [0.2, 0.25) is 0 Å². The number of esters is 1. The summed E-state index contributed by atoms with van der Waals surface area (Å²) in [7, 11) is 0. The van der Waals surface area contributed by atoms with Crippen LogP contribution in [0.5, 0.6) is 0 Å². The Labute approximate surface area is 111 Å². The highest BCUT2D eigenvalue weighted by Crippen LogP contribution is 2.13. The zero-order valence-electron chi connectivity index (χ0n) is 11.0. The number of rotatable bonds is 6. The fourth-order valence-electron chi connectivity index (χ4n) is 1.14. The largest absolute Gasteiger partial charge is 0.425 e. The fraction of sp³-hybridized carbons (Fsp3) is 0.308. The second-order valence-electron chi connectivity index (χ2n) is 4.21. The number of anilines is 1. The lowest BCUT2D eigenvalue weighted by Gasteiger charge is -2.22. The number of aromatic nitrogens is 1. The van der Waals surface area contributed by atoms with E-state index < -0.39 is 11.8 Å². The average Bonchev–Trinajstić information content (AvgIpc) is 2.36. The van der Waals surface area contributed by atoms with E-state index >= 15 is 0 Å². The van der Waals surface area contributed by atoms with Crippen LogP contribution in [0, 0.1) is 0 Å². The number of pyridine rings is 1. The summed E-state index contributed by atoms with van der Waals surface area (Å²) in [5.41, 5.74) is 1.14. The van der Waals surface area contributed by atoms with Crippen molar-refractivity contribution >= 4 is 18.1 Å². The predicted molar refractivity (Wildman–Crippen MR) is 68.9 cm³/mol. The topological polar surface area (TPSA) is 77.5 Å². The summed E-state index contributed by atoms with van der Waals surface area (Å²) in [6.07, 6.45) is 4.77. The molecule has 6 nitrogen and oxygen atoms in total. The molecule has 0 saturated heterocycles. The molecule has 1 aromatic heterocycles. The van der Waals surface area contributed by atoms with Gasteiger partial charge in [-0.25, -0.2) is 4.79 Å². The molecule has 0 unspecified atom stereocenters. The van der Waals surface area contributed by atoms with Gasteiger partial charge in [-0.3, -0.25) is 9.78 Å². The molecule has 6 heteroatoms. The van der Waals surface area contributed by atoms with Crippen LogP contribution in [0.1, 0.15) is 20.8 Å². The Morgan fingerprint density at radius 1 is 1.37 bits per heavy atom. The number of hydrogen-bond acceptors (Lipinski definition) is 6. The third-order valence-corrected chi connectivity index (χ3v) is 2.13. The van der Waals surface area contributed by atoms with Gasteiger partial charge in [0.1, 0.15) is 0 Å². The van der Waals surface area contributed by atoms with Gasteiger partial charge in [0, 0.05) is 38.1 Å². The molecule has 0 spiro atoms. The van der Waals surface area contributed by atoms with Crippen molar-refractivity contribution in [2.45, 2.75) is 26.6 Å². The predicted octanol–water partition coefficient (Wildman–Crippen LogP) is 1.85. The molecule has 0 fully saturated rings. The van der Waals surface area contributed by atoms with Crippen LogP contribution in [0.25, 0.3) is 0 Å². The van der Waals surface area contributed by atoms with Gasteiger partial charge in [0.25, 0.3) is 12.3 Å². The van der Waals surface area contributed by atoms with E-state index in [0.717, 1.165) is 5.69 Å². The van der Waals surface area contributed by atoms with Gasteiger partial charge >= 0.3 is 5.97 Å². The first-order valence-electron chi connectivity index (χ1n) is 5.63. The normalized spacial score (nSPS) is 11.6. The third kappa shape index (κ3) is 5.20. The first kappa shape index (κ1) is 14.7. The second-order valence-corrected chi connectivity index (χ2v) is 4.21. The lowest BCUT2D eigenvalue weighted by molar-refractivity contribution is -0.204. The van der Waals surface area contributed by atoms with Crippen LogP contribution in [0.4, 0.5) is 5.69 Å². The SMILES string of the molecule is C/C(=C\Nc1ccncc1)C(=O)OC(C)(C)OC=O. The Kier molecular flexibility index (Phi) is 5.05. The molecule has 0 aliphatic heterocycles. The first-order valence-corrected chi connectivity index (χ1v) is 5.63. The van der Waals surface area contributed by atoms with E-state index in [9.17, 15) is 9.59 Å². The quantitative estimate of drug-likeness (QED) is 0.365. The maximum atomic E-state index is 11.7. The maximum Gasteiger partial charge on any atom is 0.338 e. The summed E-state index contributed by atoms with van der Waals surface area (Å²) in [5.74, 6) is -1.86. The summed E-state index contributed by atoms with van der Waals surface area (Å²) < 4.78 is 9.65. The van der Waals surface area contributed by atoms with E-state index in [1.807, 2.05) is 0 Å². The van der Waals surface area contributed by atoms with Crippen molar-refractivity contribution in [3.8, 4) is 0 Å². The summed E-state index contributed by atoms with van der Waals surface area (Å²) >= 11 is 0. The molecule has 1 N–H and O–H groups in total. The number of nitrogens with zero attached hydrogens (tertiary/aromatic N) is 1. The fourth-order valence-corrected chi connectivity index (χ4v) is 1.14. The van der Waals surface area contributed by atoms with E-state index in [2.05, 4.69) is 15.0 Å². The number of hydrogen-bond donors (Lipinski definition) is 1. The van der Waals surface area contributed by atoms with Gasteiger partial charge in [-0.15, -0.1) is 0 Å². The molecule has 0 aliphatic rings. The number of ether oxygens (including phenoxy) is 2. The smallest absolute Gasteiger partial charge is 0.338 e. The Morgan fingerprint density at radius 3 is 2.58 bits per heavy atom. The molecule has 19 heavy (non-hydrogen) atoms. The Hall–Kier alpha value is -2.37. The standard InChI is InChI=1S/C13H16N2O4/c1-10(8-15-11-4-6-14-7-5-11)12(17)19-13(2,3)18-9-16/h4-9H,1-3H3,(H,14,15)/b10-8+. The van der Waals surface area contributed by atoms with E-state index in [4.69, 9.17) is 4.74 Å². The molecule has 1 rings (SSSR count). The Bertz CT molecular complexity index is 469. The minimum Gasteiger partial charge on any atom is -0.425 e. The molecule has 0 radical (unpaired) electrons.